The van der Waals surface area contributed by atoms with Gasteiger partial charge in [-0.15, -0.1) is 0 Å². The lowest BCUT2D eigenvalue weighted by atomic mass is 10.0. The minimum Gasteiger partial charge on any atom is -0.386 e. The van der Waals surface area contributed by atoms with Crippen molar-refractivity contribution in [2.45, 2.75) is 39.3 Å². The van der Waals surface area contributed by atoms with E-state index in [9.17, 15) is 18.7 Å². The number of halogens is 2. The molecular formula is C16H19F2N3O2. The first-order valence-corrected chi connectivity index (χ1v) is 7.22. The molecule has 1 amide bonds. The fourth-order valence-corrected chi connectivity index (χ4v) is 2.36. The predicted molar refractivity (Wildman–Crippen MR) is 80.7 cm³/mol. The zero-order chi connectivity index (χ0) is 17.1. The molecule has 1 heterocycles. The first kappa shape index (κ1) is 17.1. The van der Waals surface area contributed by atoms with Gasteiger partial charge in [-0.1, -0.05) is 6.07 Å². The molecule has 2 aromatic rings. The number of carbonyl (C=O) groups excluding carboxylic acids is 1. The van der Waals surface area contributed by atoms with Crippen molar-refractivity contribution in [3.05, 3.63) is 52.3 Å². The number of aromatic nitrogens is 2. The van der Waals surface area contributed by atoms with Crippen molar-refractivity contribution < 1.29 is 18.7 Å². The summed E-state index contributed by atoms with van der Waals surface area (Å²) in [5, 5.41) is 19.6. The number of rotatable bonds is 5. The topological polar surface area (TPSA) is 78.0 Å². The van der Waals surface area contributed by atoms with Gasteiger partial charge < -0.3 is 10.4 Å². The van der Waals surface area contributed by atoms with Crippen LogP contribution in [0, 0.1) is 25.5 Å². The summed E-state index contributed by atoms with van der Waals surface area (Å²) in [6.45, 7) is 5.22. The van der Waals surface area contributed by atoms with Gasteiger partial charge in [0.15, 0.2) is 11.6 Å². The molecule has 0 unspecified atom stereocenters. The number of H-pyrrole nitrogens is 1. The molecule has 0 spiro atoms. The summed E-state index contributed by atoms with van der Waals surface area (Å²) >= 11 is 0. The molecule has 1 aromatic heterocycles. The summed E-state index contributed by atoms with van der Waals surface area (Å²) in [5.41, 5.74) is 2.56. The Labute approximate surface area is 132 Å². The molecule has 0 radical (unpaired) electrons. The molecule has 0 fully saturated rings. The third kappa shape index (κ3) is 3.92. The highest BCUT2D eigenvalue weighted by Crippen LogP contribution is 2.19. The number of aliphatic hydroxyl groups is 1. The van der Waals surface area contributed by atoms with Gasteiger partial charge in [-0.2, -0.15) is 5.10 Å². The summed E-state index contributed by atoms with van der Waals surface area (Å²) in [5.74, 6) is -2.31. The van der Waals surface area contributed by atoms with Crippen LogP contribution in [-0.2, 0) is 11.2 Å². The van der Waals surface area contributed by atoms with E-state index in [0.717, 1.165) is 29.1 Å². The van der Waals surface area contributed by atoms with E-state index >= 15 is 0 Å². The van der Waals surface area contributed by atoms with Crippen LogP contribution in [0.1, 0.15) is 35.5 Å². The second-order valence-corrected chi connectivity index (χ2v) is 5.56. The Morgan fingerprint density at radius 1 is 1.35 bits per heavy atom. The molecule has 0 saturated heterocycles. The van der Waals surface area contributed by atoms with Crippen LogP contribution < -0.4 is 5.32 Å². The number of amides is 1. The van der Waals surface area contributed by atoms with Gasteiger partial charge in [0.25, 0.3) is 0 Å². The molecule has 0 bridgehead atoms. The zero-order valence-corrected chi connectivity index (χ0v) is 13.2. The van der Waals surface area contributed by atoms with E-state index in [0.29, 0.717) is 0 Å². The molecule has 124 valence electrons. The van der Waals surface area contributed by atoms with E-state index in [1.54, 1.807) is 13.8 Å². The van der Waals surface area contributed by atoms with Crippen LogP contribution in [0.2, 0.25) is 0 Å². The van der Waals surface area contributed by atoms with Crippen molar-refractivity contribution in [1.29, 1.82) is 0 Å². The van der Waals surface area contributed by atoms with E-state index < -0.39 is 23.8 Å². The molecule has 2 rings (SSSR count). The van der Waals surface area contributed by atoms with Crippen molar-refractivity contribution in [1.82, 2.24) is 15.5 Å². The van der Waals surface area contributed by atoms with Crippen molar-refractivity contribution >= 4 is 5.91 Å². The Morgan fingerprint density at radius 3 is 2.61 bits per heavy atom. The molecule has 2 atom stereocenters. The van der Waals surface area contributed by atoms with Gasteiger partial charge in [0.1, 0.15) is 0 Å². The molecule has 7 heteroatoms. The summed E-state index contributed by atoms with van der Waals surface area (Å²) in [6.07, 6.45) is -1.01. The van der Waals surface area contributed by atoms with E-state index in [4.69, 9.17) is 0 Å². The van der Waals surface area contributed by atoms with Gasteiger partial charge >= 0.3 is 0 Å². The molecule has 3 N–H and O–H groups in total. The average Bonchev–Trinajstić information content (AvgIpc) is 2.81. The number of aliphatic hydroxyl groups excluding tert-OH is 1. The lowest BCUT2D eigenvalue weighted by molar-refractivity contribution is -0.121. The quantitative estimate of drug-likeness (QED) is 0.788. The summed E-state index contributed by atoms with van der Waals surface area (Å²) in [7, 11) is 0. The molecular weight excluding hydrogens is 304 g/mol. The fraction of sp³-hybridized carbons (Fsp3) is 0.375. The van der Waals surface area contributed by atoms with Crippen LogP contribution in [0.15, 0.2) is 18.2 Å². The van der Waals surface area contributed by atoms with Gasteiger partial charge in [-0.3, -0.25) is 9.89 Å². The molecule has 0 aliphatic carbocycles. The Bertz CT molecular complexity index is 696. The molecule has 23 heavy (non-hydrogen) atoms. The normalized spacial score (nSPS) is 13.7. The SMILES string of the molecule is Cc1n[nH]c(C)c1CC(=O)N[C@H](C)[C@H](O)c1ccc(F)c(F)c1. The maximum Gasteiger partial charge on any atom is 0.224 e. The summed E-state index contributed by atoms with van der Waals surface area (Å²) < 4.78 is 26.1. The largest absolute Gasteiger partial charge is 0.386 e. The summed E-state index contributed by atoms with van der Waals surface area (Å²) in [6, 6.07) is 2.50. The predicted octanol–water partition coefficient (Wildman–Crippen LogP) is 2.09. The second-order valence-electron chi connectivity index (χ2n) is 5.56. The van der Waals surface area contributed by atoms with Crippen molar-refractivity contribution in [2.24, 2.45) is 0 Å². The van der Waals surface area contributed by atoms with Crippen LogP contribution in [0.3, 0.4) is 0 Å². The highest BCUT2D eigenvalue weighted by atomic mass is 19.2. The standard InChI is InChI=1S/C16H19F2N3O2/c1-8-12(9(2)21-20-8)7-15(22)19-10(3)16(23)11-4-5-13(17)14(18)6-11/h4-6,10,16,23H,7H2,1-3H3,(H,19,22)(H,20,21)/t10-,16+/m1/s1. The van der Waals surface area contributed by atoms with Gasteiger partial charge in [0.05, 0.1) is 24.3 Å². The Kier molecular flexibility index (Phi) is 5.10. The van der Waals surface area contributed by atoms with Gasteiger partial charge in [0, 0.05) is 11.3 Å². The third-order valence-electron chi connectivity index (χ3n) is 3.77. The molecule has 0 aliphatic rings. The minimum absolute atomic E-state index is 0.128. The Hall–Kier alpha value is -2.28. The fourth-order valence-electron chi connectivity index (χ4n) is 2.36. The van der Waals surface area contributed by atoms with Crippen LogP contribution in [0.25, 0.3) is 0 Å². The average molecular weight is 323 g/mol. The van der Waals surface area contributed by atoms with Crippen LogP contribution in [0.4, 0.5) is 8.78 Å². The number of nitrogens with zero attached hydrogens (tertiary/aromatic N) is 1. The first-order chi connectivity index (χ1) is 10.8. The lowest BCUT2D eigenvalue weighted by Crippen LogP contribution is -2.38. The maximum absolute atomic E-state index is 13.2. The van der Waals surface area contributed by atoms with Crippen molar-refractivity contribution in [2.75, 3.05) is 0 Å². The highest BCUT2D eigenvalue weighted by Gasteiger charge is 2.21. The van der Waals surface area contributed by atoms with Gasteiger partial charge in [-0.05, 0) is 38.5 Å². The number of hydrogen-bond acceptors (Lipinski definition) is 3. The number of carbonyl (C=O) groups is 1. The second kappa shape index (κ2) is 6.87. The monoisotopic (exact) mass is 323 g/mol. The number of nitrogens with one attached hydrogen (secondary N) is 2. The van der Waals surface area contributed by atoms with Crippen LogP contribution in [0.5, 0.6) is 0 Å². The van der Waals surface area contributed by atoms with Crippen LogP contribution in [-0.4, -0.2) is 27.3 Å². The number of benzene rings is 1. The maximum atomic E-state index is 13.2. The first-order valence-electron chi connectivity index (χ1n) is 7.22. The van der Waals surface area contributed by atoms with E-state index in [1.165, 1.54) is 6.07 Å². The Balaban J connectivity index is 2.01. The third-order valence-corrected chi connectivity index (χ3v) is 3.77. The number of aromatic amines is 1. The van der Waals surface area contributed by atoms with Gasteiger partial charge in [-0.25, -0.2) is 8.78 Å². The summed E-state index contributed by atoms with van der Waals surface area (Å²) in [4.78, 5) is 12.1. The molecule has 0 saturated carbocycles. The molecule has 5 nitrogen and oxygen atoms in total. The number of aryl methyl sites for hydroxylation is 2. The Morgan fingerprint density at radius 2 is 2.04 bits per heavy atom. The number of hydrogen-bond donors (Lipinski definition) is 3. The van der Waals surface area contributed by atoms with Crippen LogP contribution >= 0.6 is 0 Å². The lowest BCUT2D eigenvalue weighted by Gasteiger charge is -2.21. The van der Waals surface area contributed by atoms with Gasteiger partial charge in [0.2, 0.25) is 5.91 Å². The zero-order valence-electron chi connectivity index (χ0n) is 13.2. The smallest absolute Gasteiger partial charge is 0.224 e. The highest BCUT2D eigenvalue weighted by molar-refractivity contribution is 5.79. The van der Waals surface area contributed by atoms with E-state index in [2.05, 4.69) is 15.5 Å². The minimum atomic E-state index is -1.14. The molecule has 1 aromatic carbocycles. The van der Waals surface area contributed by atoms with E-state index in [-0.39, 0.29) is 17.9 Å². The van der Waals surface area contributed by atoms with E-state index in [1.807, 2.05) is 6.92 Å². The van der Waals surface area contributed by atoms with Crippen molar-refractivity contribution in [3.8, 4) is 0 Å². The molecule has 0 aliphatic heterocycles. The van der Waals surface area contributed by atoms with Crippen molar-refractivity contribution in [3.63, 3.8) is 0 Å².